The van der Waals surface area contributed by atoms with E-state index >= 15 is 0 Å². The van der Waals surface area contributed by atoms with Crippen molar-refractivity contribution >= 4 is 27.3 Å². The van der Waals surface area contributed by atoms with Crippen LogP contribution in [0.15, 0.2) is 41.3 Å². The van der Waals surface area contributed by atoms with E-state index in [0.717, 1.165) is 37.4 Å². The Morgan fingerprint density at radius 2 is 1.72 bits per heavy atom. The van der Waals surface area contributed by atoms with Gasteiger partial charge in [-0.15, -0.1) is 0 Å². The zero-order valence-corrected chi connectivity index (χ0v) is 19.4. The van der Waals surface area contributed by atoms with Crippen LogP contribution in [0, 0.1) is 13.8 Å². The number of carbonyl (C=O) groups excluding carboxylic acids is 1. The third-order valence-corrected chi connectivity index (χ3v) is 7.38. The Bertz CT molecular complexity index is 1090. The van der Waals surface area contributed by atoms with Gasteiger partial charge >= 0.3 is 0 Å². The largest absolute Gasteiger partial charge is 0.378 e. The molecular formula is C23H30N4O4S. The molecule has 0 aromatic heterocycles. The van der Waals surface area contributed by atoms with Crippen LogP contribution in [0.3, 0.4) is 0 Å². The van der Waals surface area contributed by atoms with Crippen molar-refractivity contribution in [2.45, 2.75) is 18.7 Å². The molecule has 8 nitrogen and oxygen atoms in total. The summed E-state index contributed by atoms with van der Waals surface area (Å²) in [5.41, 5.74) is 3.21. The monoisotopic (exact) mass is 458 g/mol. The van der Waals surface area contributed by atoms with Crippen LogP contribution in [-0.2, 0) is 14.8 Å². The Hall–Kier alpha value is -2.62. The number of piperazine rings is 1. The van der Waals surface area contributed by atoms with Crippen LogP contribution in [0.5, 0.6) is 0 Å². The number of ether oxygens (including phenoxy) is 1. The molecule has 0 unspecified atom stereocenters. The van der Waals surface area contributed by atoms with Gasteiger partial charge in [0.25, 0.3) is 15.9 Å². The molecule has 0 radical (unpaired) electrons. The van der Waals surface area contributed by atoms with Crippen molar-refractivity contribution in [2.75, 3.05) is 62.1 Å². The maximum atomic E-state index is 13.3. The molecule has 2 heterocycles. The normalized spacial score (nSPS) is 17.3. The van der Waals surface area contributed by atoms with Gasteiger partial charge in [0.1, 0.15) is 0 Å². The van der Waals surface area contributed by atoms with Crippen molar-refractivity contribution in [1.82, 2.24) is 10.2 Å². The van der Waals surface area contributed by atoms with Gasteiger partial charge < -0.3 is 19.9 Å². The Morgan fingerprint density at radius 3 is 2.44 bits per heavy atom. The lowest BCUT2D eigenvalue weighted by Crippen LogP contribution is -2.44. The molecule has 2 aromatic carbocycles. The number of aryl methyl sites for hydroxylation is 2. The molecule has 2 N–H and O–H groups in total. The number of sulfonamides is 1. The number of nitrogens with zero attached hydrogens (tertiary/aromatic N) is 2. The average Bonchev–Trinajstić information content (AvgIpc) is 2.81. The van der Waals surface area contributed by atoms with E-state index in [9.17, 15) is 13.2 Å². The van der Waals surface area contributed by atoms with E-state index in [0.29, 0.717) is 43.1 Å². The van der Waals surface area contributed by atoms with Gasteiger partial charge in [-0.2, -0.15) is 0 Å². The van der Waals surface area contributed by atoms with Crippen molar-refractivity contribution in [2.24, 2.45) is 0 Å². The molecule has 0 aliphatic carbocycles. The second-order valence-corrected chi connectivity index (χ2v) is 9.90. The van der Waals surface area contributed by atoms with Crippen molar-refractivity contribution in [1.29, 1.82) is 0 Å². The lowest BCUT2D eigenvalue weighted by Gasteiger charge is -2.32. The number of amides is 1. The molecule has 2 fully saturated rings. The van der Waals surface area contributed by atoms with Crippen LogP contribution in [0.2, 0.25) is 0 Å². The van der Waals surface area contributed by atoms with Crippen molar-refractivity contribution in [3.05, 3.63) is 53.1 Å². The molecule has 2 aliphatic rings. The fraction of sp³-hybridized carbons (Fsp3) is 0.435. The molecule has 0 saturated carbocycles. The smallest absolute Gasteiger partial charge is 0.262 e. The predicted molar refractivity (Wildman–Crippen MR) is 125 cm³/mol. The molecule has 4 rings (SSSR count). The standard InChI is InChI=1S/C23H30N4O4S/c1-17-3-4-18(2)22(15-17)32(29,30)25-20-16-19(23(28)27-11-13-31-14-12-27)5-6-21(20)26-9-7-24-8-10-26/h3-6,15-16,24-25H,7-14H2,1-2H3. The minimum Gasteiger partial charge on any atom is -0.378 e. The minimum atomic E-state index is -3.83. The molecular weight excluding hydrogens is 428 g/mol. The zero-order chi connectivity index (χ0) is 22.7. The van der Waals surface area contributed by atoms with E-state index in [4.69, 9.17) is 4.74 Å². The summed E-state index contributed by atoms with van der Waals surface area (Å²) in [5.74, 6) is -0.118. The average molecular weight is 459 g/mol. The number of benzene rings is 2. The Balaban J connectivity index is 1.71. The highest BCUT2D eigenvalue weighted by molar-refractivity contribution is 7.92. The first kappa shape index (κ1) is 22.6. The highest BCUT2D eigenvalue weighted by Gasteiger charge is 2.24. The van der Waals surface area contributed by atoms with Crippen LogP contribution < -0.4 is 14.9 Å². The molecule has 2 aromatic rings. The topological polar surface area (TPSA) is 91.0 Å². The summed E-state index contributed by atoms with van der Waals surface area (Å²) < 4.78 is 34.8. The Labute approximate surface area is 189 Å². The minimum absolute atomic E-state index is 0.118. The number of hydrogen-bond acceptors (Lipinski definition) is 6. The van der Waals surface area contributed by atoms with E-state index in [1.165, 1.54) is 0 Å². The van der Waals surface area contributed by atoms with Crippen LogP contribution in [0.25, 0.3) is 0 Å². The van der Waals surface area contributed by atoms with Gasteiger partial charge in [0.2, 0.25) is 0 Å². The third-order valence-electron chi connectivity index (χ3n) is 5.88. The summed E-state index contributed by atoms with van der Waals surface area (Å²) in [6, 6.07) is 10.7. The Kier molecular flexibility index (Phi) is 6.68. The van der Waals surface area contributed by atoms with Gasteiger partial charge in [0, 0.05) is 44.8 Å². The lowest BCUT2D eigenvalue weighted by atomic mass is 10.1. The van der Waals surface area contributed by atoms with Gasteiger partial charge in [-0.3, -0.25) is 9.52 Å². The van der Waals surface area contributed by atoms with Gasteiger partial charge in [-0.25, -0.2) is 8.42 Å². The summed E-state index contributed by atoms with van der Waals surface area (Å²) in [7, 11) is -3.83. The maximum absolute atomic E-state index is 13.3. The summed E-state index contributed by atoms with van der Waals surface area (Å²) in [6.07, 6.45) is 0. The van der Waals surface area contributed by atoms with Crippen LogP contribution in [-0.4, -0.2) is 71.7 Å². The summed E-state index contributed by atoms with van der Waals surface area (Å²) in [5, 5.41) is 3.31. The number of anilines is 2. The highest BCUT2D eigenvalue weighted by Crippen LogP contribution is 2.31. The Morgan fingerprint density at radius 1 is 1.00 bits per heavy atom. The van der Waals surface area contributed by atoms with E-state index in [2.05, 4.69) is 14.9 Å². The highest BCUT2D eigenvalue weighted by atomic mass is 32.2. The molecule has 32 heavy (non-hydrogen) atoms. The lowest BCUT2D eigenvalue weighted by molar-refractivity contribution is 0.0303. The van der Waals surface area contributed by atoms with E-state index < -0.39 is 10.0 Å². The summed E-state index contributed by atoms with van der Waals surface area (Å²) in [6.45, 7) is 8.88. The van der Waals surface area contributed by atoms with Crippen LogP contribution >= 0.6 is 0 Å². The second-order valence-electron chi connectivity index (χ2n) is 8.25. The maximum Gasteiger partial charge on any atom is 0.262 e. The molecule has 1 amide bonds. The first-order chi connectivity index (χ1) is 15.3. The first-order valence-electron chi connectivity index (χ1n) is 10.9. The first-order valence-corrected chi connectivity index (χ1v) is 12.4. The predicted octanol–water partition coefficient (Wildman–Crippen LogP) is 1.99. The quantitative estimate of drug-likeness (QED) is 0.712. The third kappa shape index (κ3) is 4.90. The van der Waals surface area contributed by atoms with Crippen molar-refractivity contribution < 1.29 is 17.9 Å². The summed E-state index contributed by atoms with van der Waals surface area (Å²) in [4.78, 5) is 17.2. The molecule has 9 heteroatoms. The number of hydrogen-bond donors (Lipinski definition) is 2. The molecule has 2 aliphatic heterocycles. The number of morpholine rings is 1. The number of carbonyl (C=O) groups is 1. The fourth-order valence-electron chi connectivity index (χ4n) is 4.08. The molecule has 0 atom stereocenters. The van der Waals surface area contributed by atoms with E-state index in [1.54, 1.807) is 36.1 Å². The van der Waals surface area contributed by atoms with Crippen LogP contribution in [0.1, 0.15) is 21.5 Å². The van der Waals surface area contributed by atoms with Crippen molar-refractivity contribution in [3.8, 4) is 0 Å². The summed E-state index contributed by atoms with van der Waals surface area (Å²) >= 11 is 0. The van der Waals surface area contributed by atoms with E-state index in [-0.39, 0.29) is 10.8 Å². The van der Waals surface area contributed by atoms with E-state index in [1.807, 2.05) is 19.1 Å². The van der Waals surface area contributed by atoms with Gasteiger partial charge in [-0.05, 0) is 49.2 Å². The van der Waals surface area contributed by atoms with Gasteiger partial charge in [0.15, 0.2) is 0 Å². The second kappa shape index (κ2) is 9.48. The van der Waals surface area contributed by atoms with Crippen LogP contribution in [0.4, 0.5) is 11.4 Å². The SMILES string of the molecule is Cc1ccc(C)c(S(=O)(=O)Nc2cc(C(=O)N3CCOCC3)ccc2N2CCNCC2)c1. The van der Waals surface area contributed by atoms with Crippen molar-refractivity contribution in [3.63, 3.8) is 0 Å². The zero-order valence-electron chi connectivity index (χ0n) is 18.6. The van der Waals surface area contributed by atoms with Gasteiger partial charge in [0.05, 0.1) is 29.5 Å². The molecule has 0 bridgehead atoms. The molecule has 2 saturated heterocycles. The molecule has 0 spiro atoms. The number of nitrogens with one attached hydrogen (secondary N) is 2. The molecule has 172 valence electrons. The fourth-order valence-corrected chi connectivity index (χ4v) is 5.47. The number of rotatable bonds is 5. The van der Waals surface area contributed by atoms with Gasteiger partial charge in [-0.1, -0.05) is 12.1 Å².